The second kappa shape index (κ2) is 10.3. The van der Waals surface area contributed by atoms with Gasteiger partial charge in [0.1, 0.15) is 0 Å². The summed E-state index contributed by atoms with van der Waals surface area (Å²) in [5.74, 6) is 0.175. The van der Waals surface area contributed by atoms with E-state index >= 15 is 0 Å². The van der Waals surface area contributed by atoms with Gasteiger partial charge in [-0.15, -0.1) is 0 Å². The van der Waals surface area contributed by atoms with Crippen molar-refractivity contribution in [1.82, 2.24) is 10.2 Å². The van der Waals surface area contributed by atoms with Crippen molar-refractivity contribution in [3.05, 3.63) is 48.0 Å². The smallest absolute Gasteiger partial charge is 0.234 e. The molecule has 7 heteroatoms. The van der Waals surface area contributed by atoms with E-state index in [2.05, 4.69) is 10.2 Å². The molecule has 168 valence electrons. The number of nitrogens with one attached hydrogen (secondary N) is 1. The van der Waals surface area contributed by atoms with E-state index in [-0.39, 0.29) is 12.3 Å². The number of fused-ring (bicyclic) bond motifs is 2. The summed E-state index contributed by atoms with van der Waals surface area (Å²) in [5, 5.41) is 4.95. The first-order valence-electron chi connectivity index (χ1n) is 11.1. The molecule has 4 rings (SSSR count). The first-order valence-corrected chi connectivity index (χ1v) is 12.2. The van der Waals surface area contributed by atoms with Crippen LogP contribution in [-0.2, 0) is 16.0 Å². The second-order valence-corrected chi connectivity index (χ2v) is 11.0. The number of nitrogens with zero attached hydrogens (tertiary/aromatic N) is 1. The minimum Gasteiger partial charge on any atom is -0.354 e. The Labute approximate surface area is 199 Å². The highest BCUT2D eigenvalue weighted by atomic mass is 35.6. The molecule has 2 aliphatic rings. The highest BCUT2D eigenvalue weighted by Gasteiger charge is 2.38. The maximum Gasteiger partial charge on any atom is 0.234 e. The van der Waals surface area contributed by atoms with Gasteiger partial charge < -0.3 is 15.0 Å². The van der Waals surface area contributed by atoms with E-state index in [0.717, 1.165) is 42.3 Å². The average molecular weight is 484 g/mol. The highest BCUT2D eigenvalue weighted by molar-refractivity contribution is 6.68. The van der Waals surface area contributed by atoms with Crippen LogP contribution in [0.5, 0.6) is 0 Å². The molecule has 0 unspecified atom stereocenters. The van der Waals surface area contributed by atoms with Gasteiger partial charge in [0.2, 0.25) is 9.70 Å². The lowest BCUT2D eigenvalue weighted by molar-refractivity contribution is -0.125. The Morgan fingerprint density at radius 1 is 1.06 bits per heavy atom. The van der Waals surface area contributed by atoms with Gasteiger partial charge in [-0.1, -0.05) is 83.7 Å². The van der Waals surface area contributed by atoms with Gasteiger partial charge in [0, 0.05) is 6.04 Å². The molecule has 0 saturated carbocycles. The number of hydrogen-bond acceptors (Lipinski definition) is 3. The van der Waals surface area contributed by atoms with Crippen molar-refractivity contribution in [2.75, 3.05) is 19.7 Å². The standard InChI is InChI=1S/C24H29Cl3N2O2/c25-24(26,27)23(31-16-19-10-6-14-29-13-4-3-12-21(19)29)28-22(30)15-18-9-5-8-17-7-1-2-11-20(17)18/h1-2,5,7-9,11,19,21,23H,3-4,6,10,12-16H2,(H,28,30)/t19-,21-,23+/m0/s1. The zero-order valence-corrected chi connectivity index (χ0v) is 19.8. The predicted octanol–water partition coefficient (Wildman–Crippen LogP) is 5.48. The van der Waals surface area contributed by atoms with E-state index in [1.807, 2.05) is 42.5 Å². The van der Waals surface area contributed by atoms with Gasteiger partial charge >= 0.3 is 0 Å². The molecule has 2 aliphatic heterocycles. The fraction of sp³-hybridized carbons (Fsp3) is 0.542. The van der Waals surface area contributed by atoms with Crippen molar-refractivity contribution in [3.8, 4) is 0 Å². The molecule has 0 aliphatic carbocycles. The molecule has 0 radical (unpaired) electrons. The quantitative estimate of drug-likeness (QED) is 0.437. The molecule has 0 spiro atoms. The fourth-order valence-electron chi connectivity index (χ4n) is 5.03. The van der Waals surface area contributed by atoms with Gasteiger partial charge in [0.15, 0.2) is 6.23 Å². The minimum atomic E-state index is -1.74. The van der Waals surface area contributed by atoms with Crippen LogP contribution in [-0.4, -0.2) is 46.6 Å². The molecule has 0 bridgehead atoms. The number of alkyl halides is 3. The van der Waals surface area contributed by atoms with Crippen molar-refractivity contribution in [1.29, 1.82) is 0 Å². The molecule has 3 atom stereocenters. The van der Waals surface area contributed by atoms with Crippen LogP contribution >= 0.6 is 34.8 Å². The molecular formula is C24H29Cl3N2O2. The summed E-state index contributed by atoms with van der Waals surface area (Å²) in [7, 11) is 0. The number of halogens is 3. The monoisotopic (exact) mass is 482 g/mol. The van der Waals surface area contributed by atoms with Crippen molar-refractivity contribution in [2.45, 2.75) is 54.6 Å². The lowest BCUT2D eigenvalue weighted by Gasteiger charge is -2.44. The number of hydrogen-bond donors (Lipinski definition) is 1. The van der Waals surface area contributed by atoms with Crippen LogP contribution in [0.25, 0.3) is 10.8 Å². The van der Waals surface area contributed by atoms with Gasteiger partial charge in [-0.3, -0.25) is 4.79 Å². The number of rotatable bonds is 6. The number of amides is 1. The number of ether oxygens (including phenoxy) is 1. The number of carbonyl (C=O) groups is 1. The molecule has 1 amide bonds. The molecule has 2 heterocycles. The largest absolute Gasteiger partial charge is 0.354 e. The molecule has 4 nitrogen and oxygen atoms in total. The Hall–Kier alpha value is -1.04. The van der Waals surface area contributed by atoms with E-state index in [1.54, 1.807) is 0 Å². The maximum atomic E-state index is 12.8. The molecule has 0 aromatic heterocycles. The van der Waals surface area contributed by atoms with Gasteiger partial charge in [0.05, 0.1) is 13.0 Å². The molecule has 31 heavy (non-hydrogen) atoms. The first kappa shape index (κ1) is 23.1. The number of piperidine rings is 2. The van der Waals surface area contributed by atoms with Crippen LogP contribution in [0.1, 0.15) is 37.7 Å². The normalized spacial score (nSPS) is 23.3. The molecule has 2 fully saturated rings. The minimum absolute atomic E-state index is 0.196. The van der Waals surface area contributed by atoms with Gasteiger partial charge in [-0.05, 0) is 61.0 Å². The zero-order valence-electron chi connectivity index (χ0n) is 17.5. The molecule has 2 saturated heterocycles. The Bertz CT molecular complexity index is 895. The average Bonchev–Trinajstić information content (AvgIpc) is 2.76. The topological polar surface area (TPSA) is 41.6 Å². The Balaban J connectivity index is 1.39. The van der Waals surface area contributed by atoms with E-state index < -0.39 is 10.0 Å². The van der Waals surface area contributed by atoms with Gasteiger partial charge in [-0.2, -0.15) is 0 Å². The van der Waals surface area contributed by atoms with Crippen molar-refractivity contribution < 1.29 is 9.53 Å². The van der Waals surface area contributed by atoms with Crippen molar-refractivity contribution in [3.63, 3.8) is 0 Å². The van der Waals surface area contributed by atoms with E-state index in [4.69, 9.17) is 39.5 Å². The lowest BCUT2D eigenvalue weighted by atomic mass is 9.84. The van der Waals surface area contributed by atoms with Crippen molar-refractivity contribution in [2.24, 2.45) is 5.92 Å². The third-order valence-electron chi connectivity index (χ3n) is 6.53. The summed E-state index contributed by atoms with van der Waals surface area (Å²) in [4.78, 5) is 15.4. The van der Waals surface area contributed by atoms with E-state index in [9.17, 15) is 4.79 Å². The van der Waals surface area contributed by atoms with Crippen LogP contribution in [0, 0.1) is 5.92 Å². The van der Waals surface area contributed by atoms with Gasteiger partial charge in [0.25, 0.3) is 0 Å². The number of carbonyl (C=O) groups excluding carboxylic acids is 1. The van der Waals surface area contributed by atoms with Crippen LogP contribution in [0.4, 0.5) is 0 Å². The Kier molecular flexibility index (Phi) is 7.66. The summed E-state index contributed by atoms with van der Waals surface area (Å²) in [6, 6.07) is 14.5. The van der Waals surface area contributed by atoms with Crippen LogP contribution < -0.4 is 5.32 Å². The Morgan fingerprint density at radius 2 is 1.84 bits per heavy atom. The predicted molar refractivity (Wildman–Crippen MR) is 128 cm³/mol. The van der Waals surface area contributed by atoms with Gasteiger partial charge in [-0.25, -0.2) is 0 Å². The highest BCUT2D eigenvalue weighted by Crippen LogP contribution is 2.34. The third kappa shape index (κ3) is 5.85. The molecule has 1 N–H and O–H groups in total. The maximum absolute atomic E-state index is 12.8. The summed E-state index contributed by atoms with van der Waals surface area (Å²) < 4.78 is 4.30. The van der Waals surface area contributed by atoms with E-state index in [0.29, 0.717) is 18.6 Å². The molecule has 2 aromatic rings. The summed E-state index contributed by atoms with van der Waals surface area (Å²) in [6.07, 6.45) is 5.20. The third-order valence-corrected chi connectivity index (χ3v) is 7.12. The number of benzene rings is 2. The second-order valence-electron chi connectivity index (χ2n) is 8.64. The molecule has 2 aromatic carbocycles. The van der Waals surface area contributed by atoms with E-state index in [1.165, 1.54) is 19.3 Å². The Morgan fingerprint density at radius 3 is 2.68 bits per heavy atom. The molecular weight excluding hydrogens is 455 g/mol. The summed E-state index contributed by atoms with van der Waals surface area (Å²) in [6.45, 7) is 2.81. The van der Waals surface area contributed by atoms with Crippen LogP contribution in [0.3, 0.4) is 0 Å². The SMILES string of the molecule is O=C(Cc1cccc2ccccc12)N[C@H](OC[C@@H]1CCCN2CCCC[C@@H]12)C(Cl)(Cl)Cl. The van der Waals surface area contributed by atoms with Crippen LogP contribution in [0.2, 0.25) is 0 Å². The summed E-state index contributed by atoms with van der Waals surface area (Å²) in [5.41, 5.74) is 0.934. The lowest BCUT2D eigenvalue weighted by Crippen LogP contribution is -2.51. The first-order chi connectivity index (χ1) is 14.9. The van der Waals surface area contributed by atoms with Crippen LogP contribution in [0.15, 0.2) is 42.5 Å². The fourth-order valence-corrected chi connectivity index (χ4v) is 5.38. The summed E-state index contributed by atoms with van der Waals surface area (Å²) >= 11 is 18.5. The van der Waals surface area contributed by atoms with Crippen molar-refractivity contribution >= 4 is 51.5 Å². The zero-order chi connectivity index (χ0) is 21.8.